The van der Waals surface area contributed by atoms with Gasteiger partial charge in [-0.25, -0.2) is 4.98 Å². The highest BCUT2D eigenvalue weighted by atomic mass is 32.2. The summed E-state index contributed by atoms with van der Waals surface area (Å²) in [6.45, 7) is 0.617. The number of nitrogens with zero attached hydrogens (tertiary/aromatic N) is 2. The molecule has 0 atom stereocenters. The SMILES string of the molecule is O=C(Nc1ccc2c(c1)CCC2)c1cnc2n(c1=O)CCS2. The molecule has 0 saturated carbocycles. The van der Waals surface area contributed by atoms with Crippen LogP contribution in [0.4, 0.5) is 5.69 Å². The molecule has 1 amide bonds. The van der Waals surface area contributed by atoms with E-state index in [-0.39, 0.29) is 17.0 Å². The van der Waals surface area contributed by atoms with Crippen molar-refractivity contribution < 1.29 is 4.79 Å². The van der Waals surface area contributed by atoms with Crippen LogP contribution in [0.3, 0.4) is 0 Å². The van der Waals surface area contributed by atoms with Crippen LogP contribution < -0.4 is 10.9 Å². The number of aromatic nitrogens is 2. The number of fused-ring (bicyclic) bond motifs is 2. The second kappa shape index (κ2) is 5.28. The minimum absolute atomic E-state index is 0.103. The Bertz CT molecular complexity index is 829. The summed E-state index contributed by atoms with van der Waals surface area (Å²) < 4.78 is 1.57. The second-order valence-corrected chi connectivity index (χ2v) is 6.61. The summed E-state index contributed by atoms with van der Waals surface area (Å²) in [5, 5.41) is 3.51. The summed E-state index contributed by atoms with van der Waals surface area (Å²) in [7, 11) is 0. The van der Waals surface area contributed by atoms with Crippen molar-refractivity contribution in [3.05, 3.63) is 51.4 Å². The maximum atomic E-state index is 12.4. The standard InChI is InChI=1S/C16H15N3O2S/c20-14(13-9-17-16-19(15(13)21)6-7-22-16)18-12-5-4-10-2-1-3-11(10)8-12/h4-5,8-9H,1-3,6-7H2,(H,18,20). The highest BCUT2D eigenvalue weighted by Gasteiger charge is 2.20. The summed E-state index contributed by atoms with van der Waals surface area (Å²) >= 11 is 1.54. The highest BCUT2D eigenvalue weighted by Crippen LogP contribution is 2.25. The van der Waals surface area contributed by atoms with Crippen LogP contribution in [0.15, 0.2) is 34.3 Å². The third kappa shape index (κ3) is 2.23. The van der Waals surface area contributed by atoms with Gasteiger partial charge in [-0.05, 0) is 42.5 Å². The van der Waals surface area contributed by atoms with Gasteiger partial charge in [0.15, 0.2) is 5.16 Å². The Balaban J connectivity index is 1.62. The predicted octanol–water partition coefficient (Wildman–Crippen LogP) is 2.09. The van der Waals surface area contributed by atoms with E-state index in [9.17, 15) is 9.59 Å². The topological polar surface area (TPSA) is 64.0 Å². The number of anilines is 1. The number of benzene rings is 1. The normalized spacial score (nSPS) is 15.5. The number of amides is 1. The maximum absolute atomic E-state index is 12.4. The number of hydrogen-bond donors (Lipinski definition) is 1. The van der Waals surface area contributed by atoms with Crippen molar-refractivity contribution in [3.63, 3.8) is 0 Å². The first-order chi connectivity index (χ1) is 10.7. The van der Waals surface area contributed by atoms with Gasteiger partial charge in [0.2, 0.25) is 0 Å². The van der Waals surface area contributed by atoms with Crippen molar-refractivity contribution in [1.82, 2.24) is 9.55 Å². The first kappa shape index (κ1) is 13.6. The molecule has 0 spiro atoms. The molecule has 1 N–H and O–H groups in total. The zero-order valence-electron chi connectivity index (χ0n) is 12.0. The Morgan fingerprint density at radius 3 is 3.05 bits per heavy atom. The van der Waals surface area contributed by atoms with Gasteiger partial charge in [0.25, 0.3) is 11.5 Å². The zero-order valence-corrected chi connectivity index (χ0v) is 12.8. The van der Waals surface area contributed by atoms with Crippen LogP contribution >= 0.6 is 11.8 Å². The summed E-state index contributed by atoms with van der Waals surface area (Å²) in [5.74, 6) is 0.445. The molecule has 6 heteroatoms. The fourth-order valence-corrected chi connectivity index (χ4v) is 3.94. The molecule has 22 heavy (non-hydrogen) atoms. The molecule has 0 radical (unpaired) electrons. The lowest BCUT2D eigenvalue weighted by Gasteiger charge is -2.08. The van der Waals surface area contributed by atoms with E-state index in [1.54, 1.807) is 16.3 Å². The largest absolute Gasteiger partial charge is 0.322 e. The lowest BCUT2D eigenvalue weighted by atomic mass is 10.1. The number of rotatable bonds is 2. The number of aryl methyl sites for hydroxylation is 2. The minimum Gasteiger partial charge on any atom is -0.322 e. The second-order valence-electron chi connectivity index (χ2n) is 5.55. The van der Waals surface area contributed by atoms with E-state index in [4.69, 9.17) is 0 Å². The predicted molar refractivity (Wildman–Crippen MR) is 85.6 cm³/mol. The Morgan fingerprint density at radius 2 is 2.14 bits per heavy atom. The van der Waals surface area contributed by atoms with Crippen molar-refractivity contribution in [2.75, 3.05) is 11.1 Å². The molecule has 2 aromatic rings. The van der Waals surface area contributed by atoms with Crippen molar-refractivity contribution in [1.29, 1.82) is 0 Å². The number of carbonyl (C=O) groups excluding carboxylic acids is 1. The highest BCUT2D eigenvalue weighted by molar-refractivity contribution is 7.99. The van der Waals surface area contributed by atoms with Crippen LogP contribution in [0.1, 0.15) is 27.9 Å². The van der Waals surface area contributed by atoms with Gasteiger partial charge in [-0.3, -0.25) is 14.2 Å². The number of thioether (sulfide) groups is 1. The van der Waals surface area contributed by atoms with Crippen molar-refractivity contribution in [2.24, 2.45) is 0 Å². The Hall–Kier alpha value is -2.08. The fourth-order valence-electron chi connectivity index (χ4n) is 3.02. The van der Waals surface area contributed by atoms with Gasteiger partial charge in [-0.15, -0.1) is 0 Å². The zero-order chi connectivity index (χ0) is 15.1. The maximum Gasteiger partial charge on any atom is 0.267 e. The van der Waals surface area contributed by atoms with E-state index in [0.717, 1.165) is 24.3 Å². The molecule has 2 aliphatic rings. The monoisotopic (exact) mass is 313 g/mol. The van der Waals surface area contributed by atoms with Crippen LogP contribution in [0, 0.1) is 0 Å². The molecule has 2 heterocycles. The summed E-state index contributed by atoms with van der Waals surface area (Å²) in [6.07, 6.45) is 4.71. The molecule has 1 aromatic carbocycles. The molecule has 0 fully saturated rings. The van der Waals surface area contributed by atoms with Crippen LogP contribution in [0.2, 0.25) is 0 Å². The minimum atomic E-state index is -0.386. The molecule has 5 nitrogen and oxygen atoms in total. The third-order valence-electron chi connectivity index (χ3n) is 4.16. The summed E-state index contributed by atoms with van der Waals surface area (Å²) in [6, 6.07) is 5.97. The molecule has 0 saturated heterocycles. The van der Waals surface area contributed by atoms with E-state index in [1.807, 2.05) is 12.1 Å². The fraction of sp³-hybridized carbons (Fsp3) is 0.312. The van der Waals surface area contributed by atoms with E-state index >= 15 is 0 Å². The van der Waals surface area contributed by atoms with E-state index in [0.29, 0.717) is 11.7 Å². The lowest BCUT2D eigenvalue weighted by Crippen LogP contribution is -2.29. The molecule has 1 aliphatic heterocycles. The lowest BCUT2D eigenvalue weighted by molar-refractivity contribution is 0.102. The number of hydrogen-bond acceptors (Lipinski definition) is 4. The van der Waals surface area contributed by atoms with Gasteiger partial charge in [-0.2, -0.15) is 0 Å². The van der Waals surface area contributed by atoms with Gasteiger partial charge in [0.05, 0.1) is 0 Å². The van der Waals surface area contributed by atoms with E-state index in [1.165, 1.54) is 23.7 Å². The van der Waals surface area contributed by atoms with Gasteiger partial charge >= 0.3 is 0 Å². The Labute approximate surface area is 131 Å². The Morgan fingerprint density at radius 1 is 1.27 bits per heavy atom. The van der Waals surface area contributed by atoms with Crippen LogP contribution in [0.25, 0.3) is 0 Å². The molecule has 112 valence electrons. The average molecular weight is 313 g/mol. The van der Waals surface area contributed by atoms with Crippen LogP contribution in [0.5, 0.6) is 0 Å². The molecule has 0 unspecified atom stereocenters. The van der Waals surface area contributed by atoms with Crippen molar-refractivity contribution in [3.8, 4) is 0 Å². The van der Waals surface area contributed by atoms with E-state index < -0.39 is 0 Å². The third-order valence-corrected chi connectivity index (χ3v) is 5.13. The number of nitrogens with one attached hydrogen (secondary N) is 1. The first-order valence-electron chi connectivity index (χ1n) is 7.38. The van der Waals surface area contributed by atoms with Crippen molar-refractivity contribution in [2.45, 2.75) is 31.0 Å². The molecule has 4 rings (SSSR count). The van der Waals surface area contributed by atoms with Gasteiger partial charge in [0.1, 0.15) is 5.56 Å². The van der Waals surface area contributed by atoms with E-state index in [2.05, 4.69) is 16.4 Å². The summed E-state index contributed by atoms with van der Waals surface area (Å²) in [5.41, 5.74) is 3.23. The molecular weight excluding hydrogens is 298 g/mol. The smallest absolute Gasteiger partial charge is 0.267 e. The van der Waals surface area contributed by atoms with Gasteiger partial charge in [-0.1, -0.05) is 17.8 Å². The Kier molecular flexibility index (Phi) is 3.26. The molecule has 0 bridgehead atoms. The van der Waals surface area contributed by atoms with Gasteiger partial charge in [0, 0.05) is 24.2 Å². The van der Waals surface area contributed by atoms with Crippen LogP contribution in [-0.2, 0) is 19.4 Å². The molecule has 1 aliphatic carbocycles. The molecular formula is C16H15N3O2S. The average Bonchev–Trinajstić information content (AvgIpc) is 3.15. The quantitative estimate of drug-likeness (QED) is 0.862. The summed E-state index contributed by atoms with van der Waals surface area (Å²) in [4.78, 5) is 28.9. The molecule has 1 aromatic heterocycles. The van der Waals surface area contributed by atoms with Crippen LogP contribution in [-0.4, -0.2) is 21.2 Å². The number of carbonyl (C=O) groups is 1. The van der Waals surface area contributed by atoms with Crippen molar-refractivity contribution >= 4 is 23.4 Å². The first-order valence-corrected chi connectivity index (χ1v) is 8.37. The van der Waals surface area contributed by atoms with Gasteiger partial charge < -0.3 is 5.32 Å².